The van der Waals surface area contributed by atoms with Gasteiger partial charge in [0.1, 0.15) is 0 Å². The molecule has 1 aromatic heterocycles. The van der Waals surface area contributed by atoms with E-state index < -0.39 is 5.97 Å². The van der Waals surface area contributed by atoms with Gasteiger partial charge in [-0.2, -0.15) is 5.10 Å². The average molecular weight is 274 g/mol. The first-order valence-electron chi connectivity index (χ1n) is 6.37. The maximum absolute atomic E-state index is 10.6. The van der Waals surface area contributed by atoms with Crippen molar-refractivity contribution in [2.75, 3.05) is 19.0 Å². The van der Waals surface area contributed by atoms with Crippen molar-refractivity contribution in [1.82, 2.24) is 14.8 Å². The Morgan fingerprint density at radius 1 is 1.30 bits per heavy atom. The second kappa shape index (κ2) is 5.73. The molecule has 0 bridgehead atoms. The number of rotatable bonds is 5. The molecule has 6 heteroatoms. The number of hydrogen-bond donors (Lipinski definition) is 1. The molecule has 0 radical (unpaired) electrons. The lowest BCUT2D eigenvalue weighted by Gasteiger charge is -2.12. The van der Waals surface area contributed by atoms with Crippen LogP contribution < -0.4 is 4.90 Å². The molecule has 2 rings (SSSR count). The van der Waals surface area contributed by atoms with Crippen LogP contribution >= 0.6 is 0 Å². The number of carboxylic acid groups (broad SMARTS) is 1. The van der Waals surface area contributed by atoms with E-state index in [9.17, 15) is 4.79 Å². The second-order valence-corrected chi connectivity index (χ2v) is 4.81. The summed E-state index contributed by atoms with van der Waals surface area (Å²) in [6.07, 6.45) is 0.391. The summed E-state index contributed by atoms with van der Waals surface area (Å²) in [6, 6.07) is 8.00. The molecule has 0 aliphatic heterocycles. The van der Waals surface area contributed by atoms with Crippen LogP contribution in [0.3, 0.4) is 0 Å². The Balaban J connectivity index is 2.21. The summed E-state index contributed by atoms with van der Waals surface area (Å²) in [6.45, 7) is 0. The Morgan fingerprint density at radius 3 is 2.50 bits per heavy atom. The minimum absolute atomic E-state index is 0.0447. The maximum atomic E-state index is 10.6. The number of aromatic nitrogens is 3. The summed E-state index contributed by atoms with van der Waals surface area (Å²) in [5.41, 5.74) is 2.08. The lowest BCUT2D eigenvalue weighted by molar-refractivity contribution is -0.137. The van der Waals surface area contributed by atoms with Crippen molar-refractivity contribution >= 4 is 11.7 Å². The zero-order valence-electron chi connectivity index (χ0n) is 11.9. The van der Waals surface area contributed by atoms with E-state index in [0.717, 1.165) is 17.1 Å². The molecule has 2 aromatic rings. The van der Waals surface area contributed by atoms with Gasteiger partial charge in [0.05, 0.1) is 6.42 Å². The molecule has 0 fully saturated rings. The van der Waals surface area contributed by atoms with Gasteiger partial charge < -0.3 is 10.0 Å². The van der Waals surface area contributed by atoms with Crippen molar-refractivity contribution in [3.05, 3.63) is 30.1 Å². The molecular weight excluding hydrogens is 256 g/mol. The number of carbonyl (C=O) groups is 1. The summed E-state index contributed by atoms with van der Waals surface area (Å²) < 4.78 is 1.68. The van der Waals surface area contributed by atoms with Crippen LogP contribution in [-0.2, 0) is 18.3 Å². The van der Waals surface area contributed by atoms with Crippen LogP contribution in [0.25, 0.3) is 11.4 Å². The Labute approximate surface area is 117 Å². The Bertz CT molecular complexity index is 602. The summed E-state index contributed by atoms with van der Waals surface area (Å²) >= 11 is 0. The molecule has 106 valence electrons. The maximum Gasteiger partial charge on any atom is 0.303 e. The van der Waals surface area contributed by atoms with E-state index >= 15 is 0 Å². The largest absolute Gasteiger partial charge is 0.481 e. The van der Waals surface area contributed by atoms with Gasteiger partial charge in [-0.05, 0) is 24.3 Å². The lowest BCUT2D eigenvalue weighted by atomic mass is 10.2. The van der Waals surface area contributed by atoms with Gasteiger partial charge in [0.15, 0.2) is 11.6 Å². The third-order valence-corrected chi connectivity index (χ3v) is 3.01. The number of aryl methyl sites for hydroxylation is 2. The number of hydrogen-bond acceptors (Lipinski definition) is 4. The molecule has 0 atom stereocenters. The molecule has 6 nitrogen and oxygen atoms in total. The van der Waals surface area contributed by atoms with E-state index in [4.69, 9.17) is 5.11 Å². The summed E-state index contributed by atoms with van der Waals surface area (Å²) in [5, 5.41) is 12.9. The van der Waals surface area contributed by atoms with Gasteiger partial charge in [-0.25, -0.2) is 9.67 Å². The first-order valence-corrected chi connectivity index (χ1v) is 6.37. The number of benzene rings is 1. The number of aliphatic carboxylic acids is 1. The quantitative estimate of drug-likeness (QED) is 0.896. The van der Waals surface area contributed by atoms with E-state index in [1.165, 1.54) is 0 Å². The van der Waals surface area contributed by atoms with E-state index in [1.807, 2.05) is 50.3 Å². The Morgan fingerprint density at radius 2 is 1.95 bits per heavy atom. The van der Waals surface area contributed by atoms with Crippen molar-refractivity contribution < 1.29 is 9.90 Å². The van der Waals surface area contributed by atoms with Crippen LogP contribution in [0.5, 0.6) is 0 Å². The smallest absolute Gasteiger partial charge is 0.303 e. The third-order valence-electron chi connectivity index (χ3n) is 3.01. The zero-order chi connectivity index (χ0) is 14.7. The SMILES string of the molecule is CN(C)c1ccc(-c2nc(CCC(=O)O)nn2C)cc1. The van der Waals surface area contributed by atoms with Crippen LogP contribution in [0.15, 0.2) is 24.3 Å². The molecule has 1 aromatic carbocycles. The molecular formula is C14H18N4O2. The topological polar surface area (TPSA) is 71.2 Å². The highest BCUT2D eigenvalue weighted by molar-refractivity contribution is 5.67. The van der Waals surface area contributed by atoms with Gasteiger partial charge in [0.2, 0.25) is 0 Å². The monoisotopic (exact) mass is 274 g/mol. The third kappa shape index (κ3) is 3.14. The minimum Gasteiger partial charge on any atom is -0.481 e. The number of nitrogens with zero attached hydrogens (tertiary/aromatic N) is 4. The van der Waals surface area contributed by atoms with Crippen LogP contribution in [0.4, 0.5) is 5.69 Å². The molecule has 0 aliphatic carbocycles. The molecule has 0 spiro atoms. The first kappa shape index (κ1) is 14.0. The number of anilines is 1. The van der Waals surface area contributed by atoms with Gasteiger partial charge in [-0.15, -0.1) is 0 Å². The Hall–Kier alpha value is -2.37. The number of carboxylic acids is 1. The molecule has 20 heavy (non-hydrogen) atoms. The van der Waals surface area contributed by atoms with Gasteiger partial charge in [0, 0.05) is 38.8 Å². The van der Waals surface area contributed by atoms with Crippen molar-refractivity contribution in [3.63, 3.8) is 0 Å². The van der Waals surface area contributed by atoms with Crippen molar-refractivity contribution in [1.29, 1.82) is 0 Å². The fraction of sp³-hybridized carbons (Fsp3) is 0.357. The van der Waals surface area contributed by atoms with Crippen molar-refractivity contribution in [2.24, 2.45) is 7.05 Å². The zero-order valence-corrected chi connectivity index (χ0v) is 11.9. The van der Waals surface area contributed by atoms with E-state index in [-0.39, 0.29) is 6.42 Å². The average Bonchev–Trinajstić information content (AvgIpc) is 2.78. The normalized spacial score (nSPS) is 10.6. The van der Waals surface area contributed by atoms with E-state index in [2.05, 4.69) is 10.1 Å². The van der Waals surface area contributed by atoms with Crippen molar-refractivity contribution in [3.8, 4) is 11.4 Å². The fourth-order valence-electron chi connectivity index (χ4n) is 1.92. The molecule has 0 saturated carbocycles. The van der Waals surface area contributed by atoms with Crippen molar-refractivity contribution in [2.45, 2.75) is 12.8 Å². The molecule has 0 aliphatic rings. The molecule has 0 saturated heterocycles. The minimum atomic E-state index is -0.839. The molecule has 1 heterocycles. The van der Waals surface area contributed by atoms with Crippen LogP contribution in [0, 0.1) is 0 Å². The van der Waals surface area contributed by atoms with Gasteiger partial charge in [-0.3, -0.25) is 4.79 Å². The van der Waals surface area contributed by atoms with Gasteiger partial charge >= 0.3 is 5.97 Å². The molecule has 0 amide bonds. The van der Waals surface area contributed by atoms with E-state index in [0.29, 0.717) is 12.2 Å². The summed E-state index contributed by atoms with van der Waals surface area (Å²) in [5.74, 6) is 0.464. The highest BCUT2D eigenvalue weighted by Gasteiger charge is 2.10. The van der Waals surface area contributed by atoms with Gasteiger partial charge in [0.25, 0.3) is 0 Å². The first-order chi connectivity index (χ1) is 9.47. The van der Waals surface area contributed by atoms with Gasteiger partial charge in [-0.1, -0.05) is 0 Å². The standard InChI is InChI=1S/C14H18N4O2/c1-17(2)11-6-4-10(5-7-11)14-15-12(16-18(14)3)8-9-13(19)20/h4-7H,8-9H2,1-3H3,(H,19,20). The highest BCUT2D eigenvalue weighted by Crippen LogP contribution is 2.20. The lowest BCUT2D eigenvalue weighted by Crippen LogP contribution is -2.08. The molecule has 0 unspecified atom stereocenters. The van der Waals surface area contributed by atoms with Crippen LogP contribution in [0.2, 0.25) is 0 Å². The summed E-state index contributed by atoms with van der Waals surface area (Å²) in [4.78, 5) is 17.0. The Kier molecular flexibility index (Phi) is 4.02. The van der Waals surface area contributed by atoms with Crippen LogP contribution in [0.1, 0.15) is 12.2 Å². The highest BCUT2D eigenvalue weighted by atomic mass is 16.4. The molecule has 1 N–H and O–H groups in total. The predicted molar refractivity (Wildman–Crippen MR) is 76.7 cm³/mol. The summed E-state index contributed by atoms with van der Waals surface area (Å²) in [7, 11) is 5.79. The second-order valence-electron chi connectivity index (χ2n) is 4.81. The van der Waals surface area contributed by atoms with Crippen LogP contribution in [-0.4, -0.2) is 39.9 Å². The predicted octanol–water partition coefficient (Wildman–Crippen LogP) is 1.57. The fourth-order valence-corrected chi connectivity index (χ4v) is 1.92. The van der Waals surface area contributed by atoms with E-state index in [1.54, 1.807) is 4.68 Å².